The van der Waals surface area contributed by atoms with Crippen LogP contribution in [0.4, 0.5) is 11.5 Å². The Hall–Kier alpha value is -3.30. The molecule has 9 heteroatoms. The van der Waals surface area contributed by atoms with E-state index in [2.05, 4.69) is 38.4 Å². The molecule has 0 saturated carbocycles. The van der Waals surface area contributed by atoms with Gasteiger partial charge in [-0.05, 0) is 61.2 Å². The SMILES string of the molecule is COc1cc(C2CCN(Cc3ccc4c(c3)Nc3nccnc3S4)CC2)cc(CC(=O)O)c1OC. The number of benzene rings is 2. The van der Waals surface area contributed by atoms with Crippen LogP contribution in [0.5, 0.6) is 11.5 Å². The maximum atomic E-state index is 11.4. The summed E-state index contributed by atoms with van der Waals surface area (Å²) < 4.78 is 11.0. The van der Waals surface area contributed by atoms with Crippen molar-refractivity contribution in [2.45, 2.75) is 41.6 Å². The standard InChI is InChI=1S/C26H28N4O4S/c1-33-21-13-18(12-19(14-23(31)32)24(21)34-2)17-5-9-30(10-6-17)15-16-3-4-22-20(11-16)29-25-26(35-22)28-8-7-27-25/h3-4,7-8,11-13,17H,5-6,9-10,14-15H2,1-2H3,(H,27,29)(H,31,32). The second-order valence-electron chi connectivity index (χ2n) is 8.80. The Labute approximate surface area is 208 Å². The number of anilines is 2. The molecule has 2 aromatic carbocycles. The van der Waals surface area contributed by atoms with E-state index >= 15 is 0 Å². The summed E-state index contributed by atoms with van der Waals surface area (Å²) in [5, 5.41) is 13.6. The number of hydrogen-bond donors (Lipinski definition) is 2. The zero-order valence-corrected chi connectivity index (χ0v) is 20.6. The summed E-state index contributed by atoms with van der Waals surface area (Å²) in [5.74, 6) is 1.37. The highest BCUT2D eigenvalue weighted by Gasteiger charge is 2.25. The van der Waals surface area contributed by atoms with Gasteiger partial charge in [-0.2, -0.15) is 0 Å². The monoisotopic (exact) mass is 492 g/mol. The Bertz CT molecular complexity index is 1240. The molecule has 3 aromatic rings. The van der Waals surface area contributed by atoms with E-state index in [0.717, 1.165) is 59.5 Å². The summed E-state index contributed by atoms with van der Waals surface area (Å²) in [6.45, 7) is 2.83. The lowest BCUT2D eigenvalue weighted by Crippen LogP contribution is -2.32. The van der Waals surface area contributed by atoms with Crippen LogP contribution in [0.3, 0.4) is 0 Å². The van der Waals surface area contributed by atoms with Crippen molar-refractivity contribution < 1.29 is 19.4 Å². The van der Waals surface area contributed by atoms with Crippen LogP contribution in [0.2, 0.25) is 0 Å². The molecule has 2 aliphatic rings. The molecule has 2 aliphatic heterocycles. The molecule has 1 fully saturated rings. The predicted molar refractivity (Wildman–Crippen MR) is 134 cm³/mol. The summed E-state index contributed by atoms with van der Waals surface area (Å²) in [6, 6.07) is 10.5. The van der Waals surface area contributed by atoms with Gasteiger partial charge < -0.3 is 19.9 Å². The van der Waals surface area contributed by atoms with Crippen LogP contribution in [0.15, 0.2) is 52.6 Å². The van der Waals surface area contributed by atoms with Gasteiger partial charge in [0, 0.05) is 29.4 Å². The zero-order valence-electron chi connectivity index (χ0n) is 19.8. The zero-order chi connectivity index (χ0) is 24.4. The van der Waals surface area contributed by atoms with Gasteiger partial charge in [-0.25, -0.2) is 9.97 Å². The number of carboxylic acid groups (broad SMARTS) is 1. The van der Waals surface area contributed by atoms with Crippen molar-refractivity contribution in [3.05, 3.63) is 59.4 Å². The molecule has 1 saturated heterocycles. The van der Waals surface area contributed by atoms with Gasteiger partial charge in [-0.15, -0.1) is 0 Å². The van der Waals surface area contributed by atoms with Crippen LogP contribution in [-0.4, -0.2) is 53.3 Å². The molecular formula is C26H28N4O4S. The molecule has 3 heterocycles. The molecule has 0 atom stereocenters. The number of methoxy groups -OCH3 is 2. The first-order valence-corrected chi connectivity index (χ1v) is 12.4. The van der Waals surface area contributed by atoms with Crippen LogP contribution in [0.25, 0.3) is 0 Å². The Morgan fingerprint density at radius 3 is 2.69 bits per heavy atom. The fourth-order valence-electron chi connectivity index (χ4n) is 4.86. The number of nitrogens with one attached hydrogen (secondary N) is 1. The average Bonchev–Trinajstić information content (AvgIpc) is 2.87. The lowest BCUT2D eigenvalue weighted by Gasteiger charge is -2.33. The quantitative estimate of drug-likeness (QED) is 0.380. The first-order valence-electron chi connectivity index (χ1n) is 11.6. The number of nitrogens with zero attached hydrogens (tertiary/aromatic N) is 3. The number of carbonyl (C=O) groups is 1. The van der Waals surface area contributed by atoms with Crippen molar-refractivity contribution in [2.75, 3.05) is 32.6 Å². The Morgan fingerprint density at radius 1 is 1.14 bits per heavy atom. The summed E-state index contributed by atoms with van der Waals surface area (Å²) in [6.07, 6.45) is 5.33. The van der Waals surface area contributed by atoms with Crippen molar-refractivity contribution in [2.24, 2.45) is 0 Å². The van der Waals surface area contributed by atoms with Crippen LogP contribution in [-0.2, 0) is 17.8 Å². The van der Waals surface area contributed by atoms with Crippen LogP contribution in [0, 0.1) is 0 Å². The minimum absolute atomic E-state index is 0.0904. The predicted octanol–water partition coefficient (Wildman–Crippen LogP) is 4.71. The molecule has 182 valence electrons. The first kappa shape index (κ1) is 23.4. The smallest absolute Gasteiger partial charge is 0.307 e. The number of aromatic nitrogens is 2. The van der Waals surface area contributed by atoms with Gasteiger partial charge in [0.05, 0.1) is 26.3 Å². The highest BCUT2D eigenvalue weighted by molar-refractivity contribution is 7.99. The maximum Gasteiger partial charge on any atom is 0.307 e. The average molecular weight is 493 g/mol. The Morgan fingerprint density at radius 2 is 1.94 bits per heavy atom. The largest absolute Gasteiger partial charge is 0.493 e. The molecule has 5 rings (SSSR count). The molecule has 0 unspecified atom stereocenters. The lowest BCUT2D eigenvalue weighted by molar-refractivity contribution is -0.136. The number of piperidine rings is 1. The van der Waals surface area contributed by atoms with Gasteiger partial charge >= 0.3 is 5.97 Å². The van der Waals surface area contributed by atoms with E-state index < -0.39 is 5.97 Å². The van der Waals surface area contributed by atoms with Crippen molar-refractivity contribution in [3.63, 3.8) is 0 Å². The molecule has 0 radical (unpaired) electrons. The minimum atomic E-state index is -0.884. The minimum Gasteiger partial charge on any atom is -0.493 e. The van der Waals surface area contributed by atoms with E-state index in [1.165, 1.54) is 5.56 Å². The van der Waals surface area contributed by atoms with E-state index in [0.29, 0.717) is 23.0 Å². The number of fused-ring (bicyclic) bond motifs is 2. The summed E-state index contributed by atoms with van der Waals surface area (Å²) in [4.78, 5) is 23.8. The lowest BCUT2D eigenvalue weighted by atomic mass is 9.87. The van der Waals surface area contributed by atoms with Gasteiger partial charge in [0.1, 0.15) is 5.03 Å². The van der Waals surface area contributed by atoms with E-state index in [9.17, 15) is 9.90 Å². The van der Waals surface area contributed by atoms with Gasteiger partial charge in [0.15, 0.2) is 17.3 Å². The summed E-state index contributed by atoms with van der Waals surface area (Å²) in [7, 11) is 3.13. The van der Waals surface area contributed by atoms with E-state index in [1.807, 2.05) is 12.1 Å². The third-order valence-electron chi connectivity index (χ3n) is 6.55. The third-order valence-corrected chi connectivity index (χ3v) is 7.62. The normalized spacial score (nSPS) is 15.6. The number of hydrogen-bond acceptors (Lipinski definition) is 8. The molecule has 0 spiro atoms. The molecule has 8 nitrogen and oxygen atoms in total. The molecule has 35 heavy (non-hydrogen) atoms. The number of carboxylic acids is 1. The molecule has 0 bridgehead atoms. The van der Waals surface area contributed by atoms with Crippen LogP contribution >= 0.6 is 11.8 Å². The molecule has 1 aromatic heterocycles. The van der Waals surface area contributed by atoms with Crippen LogP contribution < -0.4 is 14.8 Å². The van der Waals surface area contributed by atoms with E-state index in [1.54, 1.807) is 38.4 Å². The number of likely N-dealkylation sites (tertiary alicyclic amines) is 1. The van der Waals surface area contributed by atoms with Crippen molar-refractivity contribution in [1.82, 2.24) is 14.9 Å². The maximum absolute atomic E-state index is 11.4. The second kappa shape index (κ2) is 10.1. The molecule has 0 amide bonds. The van der Waals surface area contributed by atoms with Crippen molar-refractivity contribution in [1.29, 1.82) is 0 Å². The molecule has 2 N–H and O–H groups in total. The van der Waals surface area contributed by atoms with Gasteiger partial charge in [0.25, 0.3) is 0 Å². The fraction of sp³-hybridized carbons (Fsp3) is 0.346. The number of ether oxygens (including phenoxy) is 2. The third kappa shape index (κ3) is 5.06. The highest BCUT2D eigenvalue weighted by atomic mass is 32.2. The Kier molecular flexibility index (Phi) is 6.79. The van der Waals surface area contributed by atoms with Gasteiger partial charge in [-0.3, -0.25) is 9.69 Å². The van der Waals surface area contributed by atoms with Gasteiger partial charge in [0.2, 0.25) is 0 Å². The highest BCUT2D eigenvalue weighted by Crippen LogP contribution is 2.42. The molecule has 0 aliphatic carbocycles. The van der Waals surface area contributed by atoms with Crippen LogP contribution in [0.1, 0.15) is 35.4 Å². The topological polar surface area (TPSA) is 96.8 Å². The first-order chi connectivity index (χ1) is 17.0. The fourth-order valence-corrected chi connectivity index (χ4v) is 5.74. The number of aliphatic carboxylic acids is 1. The van der Waals surface area contributed by atoms with Crippen molar-refractivity contribution >= 4 is 29.2 Å². The summed E-state index contributed by atoms with van der Waals surface area (Å²) >= 11 is 1.64. The summed E-state index contributed by atoms with van der Waals surface area (Å²) in [5.41, 5.74) is 4.11. The number of rotatable bonds is 7. The van der Waals surface area contributed by atoms with Crippen molar-refractivity contribution in [3.8, 4) is 11.5 Å². The van der Waals surface area contributed by atoms with E-state index in [4.69, 9.17) is 9.47 Å². The van der Waals surface area contributed by atoms with Gasteiger partial charge in [-0.1, -0.05) is 23.9 Å². The second-order valence-corrected chi connectivity index (χ2v) is 9.83. The Balaban J connectivity index is 1.25. The molecular weight excluding hydrogens is 464 g/mol. The van der Waals surface area contributed by atoms with E-state index in [-0.39, 0.29) is 6.42 Å².